The fraction of sp³-hybridized carbons (Fsp3) is 0.333. The summed E-state index contributed by atoms with van der Waals surface area (Å²) in [5, 5.41) is 0. The molecule has 1 atom stereocenters. The maximum Gasteiger partial charge on any atom is 0.151 e. The number of hydrogen-bond donors (Lipinski definition) is 0. The fourth-order valence-corrected chi connectivity index (χ4v) is 2.06. The van der Waals surface area contributed by atoms with Crippen LogP contribution in [0.4, 0.5) is 0 Å². The minimum absolute atomic E-state index is 0.125. The quantitative estimate of drug-likeness (QED) is 0.721. The van der Waals surface area contributed by atoms with Crippen LogP contribution in [-0.4, -0.2) is 22.3 Å². The van der Waals surface area contributed by atoms with Crippen LogP contribution >= 0.6 is 0 Å². The van der Waals surface area contributed by atoms with Gasteiger partial charge in [0, 0.05) is 24.6 Å². The molecule has 0 N–H and O–H groups in total. The highest BCUT2D eigenvalue weighted by atomic mass is 16.5. The van der Waals surface area contributed by atoms with E-state index in [0.717, 1.165) is 37.1 Å². The number of imidazole rings is 1. The summed E-state index contributed by atoms with van der Waals surface area (Å²) in [4.78, 5) is 15.1. The minimum atomic E-state index is 0.125. The zero-order chi connectivity index (χ0) is 11.0. The third-order valence-corrected chi connectivity index (χ3v) is 2.89. The lowest BCUT2D eigenvalue weighted by Crippen LogP contribution is -1.94. The molecule has 1 aliphatic rings. The Morgan fingerprint density at radius 1 is 1.44 bits per heavy atom. The number of aldehydes is 1. The lowest BCUT2D eigenvalue weighted by Gasteiger charge is -2.03. The zero-order valence-electron chi connectivity index (χ0n) is 8.80. The van der Waals surface area contributed by atoms with Crippen LogP contribution < -0.4 is 0 Å². The van der Waals surface area contributed by atoms with E-state index < -0.39 is 0 Å². The van der Waals surface area contributed by atoms with Crippen LogP contribution in [0.15, 0.2) is 24.5 Å². The predicted octanol–water partition coefficient (Wildman–Crippen LogP) is 2.00. The Labute approximate surface area is 92.9 Å². The van der Waals surface area contributed by atoms with Gasteiger partial charge < -0.3 is 9.14 Å². The van der Waals surface area contributed by atoms with E-state index in [1.54, 1.807) is 12.3 Å². The summed E-state index contributed by atoms with van der Waals surface area (Å²) in [6.45, 7) is 0.818. The Bertz CT molecular complexity index is 527. The van der Waals surface area contributed by atoms with Crippen molar-refractivity contribution < 1.29 is 9.53 Å². The van der Waals surface area contributed by atoms with E-state index in [2.05, 4.69) is 4.98 Å². The Morgan fingerprint density at radius 2 is 2.38 bits per heavy atom. The van der Waals surface area contributed by atoms with E-state index in [9.17, 15) is 4.79 Å². The second kappa shape index (κ2) is 3.72. The number of aromatic nitrogens is 2. The number of carbonyl (C=O) groups excluding carboxylic acids is 1. The number of carbonyl (C=O) groups is 1. The van der Waals surface area contributed by atoms with E-state index in [-0.39, 0.29) is 6.10 Å². The number of rotatable bonds is 2. The van der Waals surface area contributed by atoms with Crippen LogP contribution in [0.25, 0.3) is 5.65 Å². The van der Waals surface area contributed by atoms with Gasteiger partial charge in [-0.3, -0.25) is 4.79 Å². The molecule has 16 heavy (non-hydrogen) atoms. The molecular formula is C12H12N2O2. The molecule has 0 saturated carbocycles. The topological polar surface area (TPSA) is 43.6 Å². The third-order valence-electron chi connectivity index (χ3n) is 2.89. The lowest BCUT2D eigenvalue weighted by molar-refractivity contribution is 0.109. The second-order valence-electron chi connectivity index (χ2n) is 4.01. The van der Waals surface area contributed by atoms with Crippen LogP contribution in [-0.2, 0) is 4.74 Å². The first kappa shape index (κ1) is 9.54. The number of ether oxygens (including phenoxy) is 1. The molecule has 3 rings (SSSR count). The van der Waals surface area contributed by atoms with E-state index >= 15 is 0 Å². The highest BCUT2D eigenvalue weighted by molar-refractivity contribution is 5.74. The first-order valence-corrected chi connectivity index (χ1v) is 5.42. The smallest absolute Gasteiger partial charge is 0.151 e. The molecule has 1 aliphatic heterocycles. The van der Waals surface area contributed by atoms with E-state index in [4.69, 9.17) is 4.74 Å². The molecule has 1 fully saturated rings. The van der Waals surface area contributed by atoms with Crippen molar-refractivity contribution in [3.05, 3.63) is 35.8 Å². The monoisotopic (exact) mass is 216 g/mol. The molecule has 0 amide bonds. The third kappa shape index (κ3) is 1.51. The molecule has 4 nitrogen and oxygen atoms in total. The highest BCUT2D eigenvalue weighted by Gasteiger charge is 2.20. The molecule has 4 heteroatoms. The lowest BCUT2D eigenvalue weighted by atomic mass is 10.2. The molecule has 0 aromatic carbocycles. The average molecular weight is 216 g/mol. The van der Waals surface area contributed by atoms with Gasteiger partial charge in [-0.15, -0.1) is 0 Å². The summed E-state index contributed by atoms with van der Waals surface area (Å²) in [5.41, 5.74) is 2.47. The van der Waals surface area contributed by atoms with Gasteiger partial charge in [-0.1, -0.05) is 0 Å². The number of pyridine rings is 1. The van der Waals surface area contributed by atoms with Crippen LogP contribution in [0.3, 0.4) is 0 Å². The number of nitrogens with zero attached hydrogens (tertiary/aromatic N) is 2. The van der Waals surface area contributed by atoms with Gasteiger partial charge in [0.25, 0.3) is 0 Å². The highest BCUT2D eigenvalue weighted by Crippen LogP contribution is 2.27. The summed E-state index contributed by atoms with van der Waals surface area (Å²) in [5.74, 6) is 0. The molecular weight excluding hydrogens is 204 g/mol. The van der Waals surface area contributed by atoms with Crippen LogP contribution in [0, 0.1) is 0 Å². The van der Waals surface area contributed by atoms with Crippen molar-refractivity contribution in [3.8, 4) is 0 Å². The predicted molar refractivity (Wildman–Crippen MR) is 58.5 cm³/mol. The van der Waals surface area contributed by atoms with Crippen molar-refractivity contribution in [2.75, 3.05) is 6.61 Å². The van der Waals surface area contributed by atoms with Crippen LogP contribution in [0.2, 0.25) is 0 Å². The summed E-state index contributed by atoms with van der Waals surface area (Å²) < 4.78 is 7.46. The maximum absolute atomic E-state index is 10.7. The number of fused-ring (bicyclic) bond motifs is 1. The van der Waals surface area contributed by atoms with Gasteiger partial charge in [-0.05, 0) is 25.0 Å². The Balaban J connectivity index is 2.04. The molecule has 1 saturated heterocycles. The van der Waals surface area contributed by atoms with Crippen molar-refractivity contribution in [3.63, 3.8) is 0 Å². The number of hydrogen-bond acceptors (Lipinski definition) is 3. The summed E-state index contributed by atoms with van der Waals surface area (Å²) in [6, 6.07) is 3.62. The zero-order valence-corrected chi connectivity index (χ0v) is 8.80. The van der Waals surface area contributed by atoms with Gasteiger partial charge in [0.15, 0.2) is 6.29 Å². The maximum atomic E-state index is 10.7. The molecule has 0 aliphatic carbocycles. The average Bonchev–Trinajstić information content (AvgIpc) is 2.96. The second-order valence-corrected chi connectivity index (χ2v) is 4.01. The van der Waals surface area contributed by atoms with Gasteiger partial charge in [-0.2, -0.15) is 0 Å². The van der Waals surface area contributed by atoms with E-state index in [1.165, 1.54) is 0 Å². The normalized spacial score (nSPS) is 20.4. The van der Waals surface area contributed by atoms with Gasteiger partial charge in [0.05, 0.1) is 5.69 Å². The van der Waals surface area contributed by atoms with Crippen molar-refractivity contribution in [2.24, 2.45) is 0 Å². The van der Waals surface area contributed by atoms with Crippen molar-refractivity contribution in [1.82, 2.24) is 9.38 Å². The van der Waals surface area contributed by atoms with Crippen molar-refractivity contribution in [2.45, 2.75) is 18.9 Å². The van der Waals surface area contributed by atoms with Gasteiger partial charge in [0.1, 0.15) is 11.8 Å². The van der Waals surface area contributed by atoms with E-state index in [0.29, 0.717) is 5.56 Å². The first-order valence-electron chi connectivity index (χ1n) is 5.42. The summed E-state index contributed by atoms with van der Waals surface area (Å²) in [7, 11) is 0. The van der Waals surface area contributed by atoms with Crippen molar-refractivity contribution in [1.29, 1.82) is 0 Å². The molecule has 2 aromatic heterocycles. The Hall–Kier alpha value is -1.68. The largest absolute Gasteiger partial charge is 0.372 e. The first-order chi connectivity index (χ1) is 7.86. The standard InChI is InChI=1S/C12H12N2O2/c15-8-9-3-4-12-13-10(7-14(12)6-9)11-2-1-5-16-11/h3-4,6-8,11H,1-2,5H2. The molecule has 0 radical (unpaired) electrons. The molecule has 0 bridgehead atoms. The summed E-state index contributed by atoms with van der Waals surface area (Å²) >= 11 is 0. The van der Waals surface area contributed by atoms with Gasteiger partial charge in [-0.25, -0.2) is 4.98 Å². The van der Waals surface area contributed by atoms with Gasteiger partial charge in [0.2, 0.25) is 0 Å². The van der Waals surface area contributed by atoms with Crippen molar-refractivity contribution >= 4 is 11.9 Å². The van der Waals surface area contributed by atoms with Gasteiger partial charge >= 0.3 is 0 Å². The van der Waals surface area contributed by atoms with Crippen LogP contribution in [0.1, 0.15) is 35.0 Å². The minimum Gasteiger partial charge on any atom is -0.372 e. The molecule has 0 spiro atoms. The van der Waals surface area contributed by atoms with E-state index in [1.807, 2.05) is 16.7 Å². The van der Waals surface area contributed by atoms with Crippen LogP contribution in [0.5, 0.6) is 0 Å². The Morgan fingerprint density at radius 3 is 3.12 bits per heavy atom. The molecule has 2 aromatic rings. The molecule has 1 unspecified atom stereocenters. The molecule has 82 valence electrons. The SMILES string of the molecule is O=Cc1ccc2nc(C3CCCO3)cn2c1. The fourth-order valence-electron chi connectivity index (χ4n) is 2.06. The molecule has 3 heterocycles. The summed E-state index contributed by atoms with van der Waals surface area (Å²) in [6.07, 6.45) is 6.82. The Kier molecular flexibility index (Phi) is 2.22.